The second-order valence-corrected chi connectivity index (χ2v) is 11.8. The fraction of sp³-hybridized carbons (Fsp3) is 0.593. The smallest absolute Gasteiger partial charge is 0.255 e. The highest BCUT2D eigenvalue weighted by Crippen LogP contribution is 2.51. The molecule has 200 valence electrons. The van der Waals surface area contributed by atoms with Crippen molar-refractivity contribution in [1.29, 1.82) is 0 Å². The number of nitrogens with one attached hydrogen (secondary N) is 2. The highest BCUT2D eigenvalue weighted by molar-refractivity contribution is 8.02. The number of dihydropyridines is 1. The van der Waals surface area contributed by atoms with Crippen LogP contribution in [0.1, 0.15) is 55.5 Å². The van der Waals surface area contributed by atoms with Gasteiger partial charge in [0, 0.05) is 47.2 Å². The number of thioether (sulfide) groups is 1. The minimum absolute atomic E-state index is 0.161. The molecule has 0 radical (unpaired) electrons. The second kappa shape index (κ2) is 10.6. The molecule has 10 heteroatoms. The summed E-state index contributed by atoms with van der Waals surface area (Å²) >= 11 is 8.09. The molecule has 2 amide bonds. The van der Waals surface area contributed by atoms with Crippen LogP contribution in [0.5, 0.6) is 11.5 Å². The molecular weight excluding hydrogens is 514 g/mol. The summed E-state index contributed by atoms with van der Waals surface area (Å²) < 4.78 is 18.0. The fourth-order valence-corrected chi connectivity index (χ4v) is 6.58. The predicted molar refractivity (Wildman–Crippen MR) is 145 cm³/mol. The SMILES string of the molecule is CSC1=CC(C)=NC(=O)C1CNC(=O)c1cc(Cl)c2c(c1C)OC(C)(C1CCC(NC3COC3)CC1)O2. The van der Waals surface area contributed by atoms with Gasteiger partial charge in [0.05, 0.1) is 30.2 Å². The highest BCUT2D eigenvalue weighted by atomic mass is 35.5. The number of rotatable bonds is 7. The number of nitrogens with zero attached hydrogens (tertiary/aromatic N) is 1. The molecule has 4 aliphatic rings. The average Bonchev–Trinajstić information content (AvgIpc) is 3.22. The van der Waals surface area contributed by atoms with E-state index in [1.54, 1.807) is 13.0 Å². The van der Waals surface area contributed by atoms with Gasteiger partial charge in [-0.1, -0.05) is 11.6 Å². The third-order valence-electron chi connectivity index (χ3n) is 7.85. The van der Waals surface area contributed by atoms with E-state index in [0.717, 1.165) is 43.8 Å². The van der Waals surface area contributed by atoms with E-state index in [0.29, 0.717) is 45.4 Å². The molecule has 1 saturated heterocycles. The molecule has 37 heavy (non-hydrogen) atoms. The van der Waals surface area contributed by atoms with E-state index < -0.39 is 11.7 Å². The van der Waals surface area contributed by atoms with E-state index in [4.69, 9.17) is 25.8 Å². The lowest BCUT2D eigenvalue weighted by Gasteiger charge is -2.39. The highest BCUT2D eigenvalue weighted by Gasteiger charge is 2.47. The van der Waals surface area contributed by atoms with Gasteiger partial charge in [-0.25, -0.2) is 4.99 Å². The minimum Gasteiger partial charge on any atom is -0.448 e. The molecular formula is C27H34ClN3O5S. The van der Waals surface area contributed by atoms with Crippen LogP contribution in [0.15, 0.2) is 22.0 Å². The molecule has 1 aromatic rings. The molecule has 2 atom stereocenters. The van der Waals surface area contributed by atoms with Crippen LogP contribution in [0.4, 0.5) is 0 Å². The topological polar surface area (TPSA) is 98.3 Å². The number of amides is 2. The van der Waals surface area contributed by atoms with Crippen LogP contribution in [-0.4, -0.2) is 61.4 Å². The van der Waals surface area contributed by atoms with Gasteiger partial charge in [0.2, 0.25) is 0 Å². The number of benzene rings is 1. The Hall–Kier alpha value is -2.07. The molecule has 2 N–H and O–H groups in total. The van der Waals surface area contributed by atoms with E-state index >= 15 is 0 Å². The van der Waals surface area contributed by atoms with Gasteiger partial charge in [-0.2, -0.15) is 0 Å². The quantitative estimate of drug-likeness (QED) is 0.526. The van der Waals surface area contributed by atoms with Gasteiger partial charge < -0.3 is 24.8 Å². The molecule has 1 aromatic carbocycles. The maximum atomic E-state index is 13.2. The zero-order valence-electron chi connectivity index (χ0n) is 21.7. The molecule has 1 saturated carbocycles. The first-order valence-electron chi connectivity index (χ1n) is 12.9. The number of halogens is 1. The maximum absolute atomic E-state index is 13.2. The minimum atomic E-state index is -0.835. The number of hydrogen-bond acceptors (Lipinski definition) is 7. The maximum Gasteiger partial charge on any atom is 0.255 e. The van der Waals surface area contributed by atoms with Crippen molar-refractivity contribution < 1.29 is 23.8 Å². The van der Waals surface area contributed by atoms with Crippen LogP contribution in [0.25, 0.3) is 0 Å². The lowest BCUT2D eigenvalue weighted by molar-refractivity contribution is -0.122. The summed E-state index contributed by atoms with van der Waals surface area (Å²) in [5, 5.41) is 6.91. The third-order valence-corrected chi connectivity index (χ3v) is 9.01. The first-order chi connectivity index (χ1) is 17.7. The van der Waals surface area contributed by atoms with Crippen molar-refractivity contribution in [1.82, 2.24) is 10.6 Å². The van der Waals surface area contributed by atoms with Gasteiger partial charge >= 0.3 is 0 Å². The number of fused-ring (bicyclic) bond motifs is 1. The number of aliphatic imine (C=N–C) groups is 1. The molecule has 0 aromatic heterocycles. The number of ether oxygens (including phenoxy) is 3. The van der Waals surface area contributed by atoms with Crippen molar-refractivity contribution in [3.63, 3.8) is 0 Å². The van der Waals surface area contributed by atoms with Crippen molar-refractivity contribution >= 4 is 40.9 Å². The van der Waals surface area contributed by atoms with E-state index in [-0.39, 0.29) is 24.3 Å². The monoisotopic (exact) mass is 547 g/mol. The van der Waals surface area contributed by atoms with Crippen molar-refractivity contribution in [3.05, 3.63) is 33.2 Å². The van der Waals surface area contributed by atoms with E-state index in [2.05, 4.69) is 15.6 Å². The summed E-state index contributed by atoms with van der Waals surface area (Å²) in [6.07, 6.45) is 7.85. The number of carbonyl (C=O) groups is 2. The Morgan fingerprint density at radius 3 is 2.51 bits per heavy atom. The average molecular weight is 548 g/mol. The van der Waals surface area contributed by atoms with Crippen LogP contribution in [0.3, 0.4) is 0 Å². The van der Waals surface area contributed by atoms with Crippen LogP contribution < -0.4 is 20.1 Å². The first kappa shape index (κ1) is 26.5. The number of hydrogen-bond donors (Lipinski definition) is 2. The Morgan fingerprint density at radius 1 is 1.16 bits per heavy atom. The standard InChI is InChI=1S/C27H34ClN3O5S/c1-14-9-22(37-4)20(26(33)30-14)11-29-25(32)19-10-21(28)24-23(15(19)2)35-27(3,36-24)16-5-7-17(8-6-16)31-18-12-34-13-18/h9-10,16-18,20,31H,5-8,11-13H2,1-4H3,(H,29,32). The summed E-state index contributed by atoms with van der Waals surface area (Å²) in [4.78, 5) is 30.6. The Labute approximate surface area is 226 Å². The van der Waals surface area contributed by atoms with E-state index in [1.807, 2.05) is 26.2 Å². The fourth-order valence-electron chi connectivity index (χ4n) is 5.59. The zero-order valence-corrected chi connectivity index (χ0v) is 23.3. The van der Waals surface area contributed by atoms with Crippen LogP contribution >= 0.6 is 23.4 Å². The van der Waals surface area contributed by atoms with Crippen molar-refractivity contribution in [2.75, 3.05) is 26.0 Å². The molecule has 8 nitrogen and oxygen atoms in total. The van der Waals surface area contributed by atoms with Gasteiger partial charge in [-0.3, -0.25) is 9.59 Å². The third kappa shape index (κ3) is 5.28. The normalized spacial score (nSPS) is 29.4. The molecule has 2 unspecified atom stereocenters. The summed E-state index contributed by atoms with van der Waals surface area (Å²) in [5.41, 5.74) is 1.76. The van der Waals surface area contributed by atoms with Gasteiger partial charge in [0.25, 0.3) is 17.6 Å². The molecule has 0 spiro atoms. The Morgan fingerprint density at radius 2 is 1.86 bits per heavy atom. The van der Waals surface area contributed by atoms with E-state index in [9.17, 15) is 9.59 Å². The second-order valence-electron chi connectivity index (χ2n) is 10.5. The van der Waals surface area contributed by atoms with Gasteiger partial charge in [-0.15, -0.1) is 11.8 Å². The lowest BCUT2D eigenvalue weighted by Crippen LogP contribution is -2.53. The summed E-state index contributed by atoms with van der Waals surface area (Å²) in [6, 6.07) is 2.59. The molecule has 2 fully saturated rings. The van der Waals surface area contributed by atoms with Crippen molar-refractivity contribution in [3.8, 4) is 11.5 Å². The predicted octanol–water partition coefficient (Wildman–Crippen LogP) is 4.28. The Kier molecular flexibility index (Phi) is 7.60. The number of allylic oxidation sites excluding steroid dienone is 1. The summed E-state index contributed by atoms with van der Waals surface area (Å²) in [7, 11) is 0. The zero-order chi connectivity index (χ0) is 26.3. The van der Waals surface area contributed by atoms with Crippen molar-refractivity contribution in [2.24, 2.45) is 16.8 Å². The van der Waals surface area contributed by atoms with Crippen LogP contribution in [0, 0.1) is 18.8 Å². The van der Waals surface area contributed by atoms with Crippen molar-refractivity contribution in [2.45, 2.75) is 64.3 Å². The molecule has 3 aliphatic heterocycles. The van der Waals surface area contributed by atoms with Crippen LogP contribution in [0.2, 0.25) is 5.02 Å². The Balaban J connectivity index is 1.25. The first-order valence-corrected chi connectivity index (χ1v) is 14.5. The van der Waals surface area contributed by atoms with Gasteiger partial charge in [-0.05, 0) is 57.9 Å². The number of carbonyl (C=O) groups excluding carboxylic acids is 2. The summed E-state index contributed by atoms with van der Waals surface area (Å²) in [5.74, 6) is -0.662. The van der Waals surface area contributed by atoms with Crippen LogP contribution in [-0.2, 0) is 9.53 Å². The molecule has 0 bridgehead atoms. The largest absolute Gasteiger partial charge is 0.448 e. The van der Waals surface area contributed by atoms with E-state index in [1.165, 1.54) is 11.8 Å². The van der Waals surface area contributed by atoms with Gasteiger partial charge in [0.15, 0.2) is 11.5 Å². The molecule has 1 aliphatic carbocycles. The molecule has 3 heterocycles. The van der Waals surface area contributed by atoms with Gasteiger partial charge in [0.1, 0.15) is 0 Å². The Bertz CT molecular complexity index is 1160. The lowest BCUT2D eigenvalue weighted by atomic mass is 9.81. The summed E-state index contributed by atoms with van der Waals surface area (Å²) in [6.45, 7) is 7.36. The molecule has 5 rings (SSSR count).